The van der Waals surface area contributed by atoms with Gasteiger partial charge < -0.3 is 10.6 Å². The van der Waals surface area contributed by atoms with Crippen LogP contribution in [0.2, 0.25) is 0 Å². The molecule has 0 aliphatic heterocycles. The molecule has 1 aromatic rings. The van der Waals surface area contributed by atoms with Crippen LogP contribution in [0.5, 0.6) is 0 Å². The van der Waals surface area contributed by atoms with E-state index >= 15 is 0 Å². The minimum absolute atomic E-state index is 0.0740. The fourth-order valence-electron chi connectivity index (χ4n) is 1.11. The monoisotopic (exact) mass is 250 g/mol. The molecule has 2 N–H and O–H groups in total. The zero-order valence-corrected chi connectivity index (χ0v) is 8.91. The number of halogens is 4. The summed E-state index contributed by atoms with van der Waals surface area (Å²) in [6.45, 7) is 1.97. The average Bonchev–Trinajstić information content (AvgIpc) is 2.29. The largest absolute Gasteiger partial charge is 0.320 e. The molecule has 0 saturated heterocycles. The third-order valence-corrected chi connectivity index (χ3v) is 1.91. The van der Waals surface area contributed by atoms with Gasteiger partial charge in [0.05, 0.1) is 6.54 Å². The van der Waals surface area contributed by atoms with Gasteiger partial charge in [0, 0.05) is 6.07 Å². The van der Waals surface area contributed by atoms with E-state index in [0.717, 1.165) is 0 Å². The Bertz CT molecular complexity index is 411. The summed E-state index contributed by atoms with van der Waals surface area (Å²) in [4.78, 5) is 11.1. The zero-order valence-electron chi connectivity index (χ0n) is 8.91. The van der Waals surface area contributed by atoms with E-state index in [9.17, 15) is 22.4 Å². The Morgan fingerprint density at radius 3 is 2.18 bits per heavy atom. The molecular formula is C10H10F4N2O. The van der Waals surface area contributed by atoms with Crippen LogP contribution in [0, 0.1) is 23.3 Å². The summed E-state index contributed by atoms with van der Waals surface area (Å²) in [5.74, 6) is -7.19. The van der Waals surface area contributed by atoms with Crippen LogP contribution in [0.25, 0.3) is 0 Å². The summed E-state index contributed by atoms with van der Waals surface area (Å²) in [7, 11) is 0. The first-order chi connectivity index (χ1) is 7.97. The third-order valence-electron chi connectivity index (χ3n) is 1.91. The molecule has 0 heterocycles. The SMILES string of the molecule is CCNCC(=O)Nc1c(F)c(F)cc(F)c1F. The Morgan fingerprint density at radius 1 is 1.18 bits per heavy atom. The maximum atomic E-state index is 13.1. The molecule has 0 atom stereocenters. The van der Waals surface area contributed by atoms with E-state index in [2.05, 4.69) is 5.32 Å². The van der Waals surface area contributed by atoms with Crippen LogP contribution in [0.1, 0.15) is 6.92 Å². The van der Waals surface area contributed by atoms with Crippen molar-refractivity contribution < 1.29 is 22.4 Å². The standard InChI is InChI=1S/C10H10F4N2O/c1-2-15-4-7(17)16-10-8(13)5(11)3-6(12)9(10)14/h3,15H,2,4H2,1H3,(H,16,17). The maximum Gasteiger partial charge on any atom is 0.238 e. The molecule has 1 rings (SSSR count). The molecule has 0 aromatic heterocycles. The van der Waals surface area contributed by atoms with Gasteiger partial charge in [0.2, 0.25) is 5.91 Å². The van der Waals surface area contributed by atoms with Gasteiger partial charge in [-0.25, -0.2) is 17.6 Å². The van der Waals surface area contributed by atoms with Crippen molar-refractivity contribution in [2.45, 2.75) is 6.92 Å². The number of anilines is 1. The number of rotatable bonds is 4. The molecule has 0 unspecified atom stereocenters. The van der Waals surface area contributed by atoms with E-state index < -0.39 is 34.9 Å². The van der Waals surface area contributed by atoms with Gasteiger partial charge >= 0.3 is 0 Å². The van der Waals surface area contributed by atoms with Crippen molar-refractivity contribution in [3.63, 3.8) is 0 Å². The summed E-state index contributed by atoms with van der Waals surface area (Å²) in [6, 6.07) is 0.0740. The molecule has 0 spiro atoms. The Hall–Kier alpha value is -1.63. The minimum atomic E-state index is -1.63. The van der Waals surface area contributed by atoms with Crippen LogP contribution >= 0.6 is 0 Å². The maximum absolute atomic E-state index is 13.1. The third kappa shape index (κ3) is 3.16. The Balaban J connectivity index is 2.94. The number of amides is 1. The molecule has 0 fully saturated rings. The van der Waals surface area contributed by atoms with Crippen LogP contribution in [0.15, 0.2) is 6.07 Å². The molecular weight excluding hydrogens is 240 g/mol. The van der Waals surface area contributed by atoms with Crippen molar-refractivity contribution in [2.75, 3.05) is 18.4 Å². The summed E-state index contributed by atoms with van der Waals surface area (Å²) in [5, 5.41) is 4.36. The fourth-order valence-corrected chi connectivity index (χ4v) is 1.11. The predicted octanol–water partition coefficient (Wildman–Crippen LogP) is 1.79. The number of carbonyl (C=O) groups is 1. The molecule has 7 heteroatoms. The molecule has 17 heavy (non-hydrogen) atoms. The van der Waals surface area contributed by atoms with Gasteiger partial charge in [-0.2, -0.15) is 0 Å². The van der Waals surface area contributed by atoms with Crippen molar-refractivity contribution in [3.8, 4) is 0 Å². The second-order valence-electron chi connectivity index (χ2n) is 3.17. The van der Waals surface area contributed by atoms with Gasteiger partial charge in [0.1, 0.15) is 5.69 Å². The number of benzene rings is 1. The highest BCUT2D eigenvalue weighted by Gasteiger charge is 2.20. The van der Waals surface area contributed by atoms with E-state index in [0.29, 0.717) is 6.54 Å². The van der Waals surface area contributed by atoms with E-state index in [-0.39, 0.29) is 12.6 Å². The van der Waals surface area contributed by atoms with Gasteiger partial charge in [-0.05, 0) is 6.54 Å². The first-order valence-corrected chi connectivity index (χ1v) is 4.81. The van der Waals surface area contributed by atoms with Gasteiger partial charge in [0.15, 0.2) is 23.3 Å². The second-order valence-corrected chi connectivity index (χ2v) is 3.17. The Labute approximate surface area is 94.8 Å². The normalized spacial score (nSPS) is 10.4. The zero-order chi connectivity index (χ0) is 13.0. The van der Waals surface area contributed by atoms with Gasteiger partial charge in [-0.3, -0.25) is 4.79 Å². The smallest absolute Gasteiger partial charge is 0.238 e. The molecule has 1 aromatic carbocycles. The van der Waals surface area contributed by atoms with Gasteiger partial charge in [0.25, 0.3) is 0 Å². The van der Waals surface area contributed by atoms with Crippen molar-refractivity contribution in [1.29, 1.82) is 0 Å². The molecule has 0 aliphatic carbocycles. The lowest BCUT2D eigenvalue weighted by atomic mass is 10.2. The predicted molar refractivity (Wildman–Crippen MR) is 53.4 cm³/mol. The minimum Gasteiger partial charge on any atom is -0.320 e. The number of hydrogen-bond donors (Lipinski definition) is 2. The van der Waals surface area contributed by atoms with Crippen molar-refractivity contribution in [1.82, 2.24) is 5.32 Å². The average molecular weight is 250 g/mol. The molecule has 0 bridgehead atoms. The van der Waals surface area contributed by atoms with E-state index in [1.54, 1.807) is 12.2 Å². The highest BCUT2D eigenvalue weighted by molar-refractivity contribution is 5.92. The van der Waals surface area contributed by atoms with Crippen LogP contribution in [0.3, 0.4) is 0 Å². The van der Waals surface area contributed by atoms with Gasteiger partial charge in [-0.1, -0.05) is 6.92 Å². The number of carbonyl (C=O) groups excluding carboxylic acids is 1. The summed E-state index contributed by atoms with van der Waals surface area (Å²) in [6.07, 6.45) is 0. The van der Waals surface area contributed by atoms with Crippen LogP contribution in [0.4, 0.5) is 23.2 Å². The Morgan fingerprint density at radius 2 is 1.71 bits per heavy atom. The highest BCUT2D eigenvalue weighted by Crippen LogP contribution is 2.23. The first-order valence-electron chi connectivity index (χ1n) is 4.81. The number of likely N-dealkylation sites (N-methyl/N-ethyl adjacent to an activating group) is 1. The number of hydrogen-bond acceptors (Lipinski definition) is 2. The topological polar surface area (TPSA) is 41.1 Å². The fraction of sp³-hybridized carbons (Fsp3) is 0.300. The van der Waals surface area contributed by atoms with Crippen LogP contribution in [-0.4, -0.2) is 19.0 Å². The summed E-state index contributed by atoms with van der Waals surface area (Å²) in [5.41, 5.74) is -1.12. The van der Waals surface area contributed by atoms with Crippen molar-refractivity contribution in [2.24, 2.45) is 0 Å². The van der Waals surface area contributed by atoms with E-state index in [1.807, 2.05) is 0 Å². The quantitative estimate of drug-likeness (QED) is 0.632. The first kappa shape index (κ1) is 13.4. The highest BCUT2D eigenvalue weighted by atomic mass is 19.2. The second kappa shape index (κ2) is 5.62. The lowest BCUT2D eigenvalue weighted by Crippen LogP contribution is -2.28. The van der Waals surface area contributed by atoms with Crippen molar-refractivity contribution >= 4 is 11.6 Å². The Kier molecular flexibility index (Phi) is 4.45. The molecule has 0 aliphatic rings. The molecule has 0 radical (unpaired) electrons. The molecule has 3 nitrogen and oxygen atoms in total. The summed E-state index contributed by atoms with van der Waals surface area (Å²) >= 11 is 0. The summed E-state index contributed by atoms with van der Waals surface area (Å²) < 4.78 is 51.8. The lowest BCUT2D eigenvalue weighted by molar-refractivity contribution is -0.115. The van der Waals surface area contributed by atoms with Crippen LogP contribution < -0.4 is 10.6 Å². The lowest BCUT2D eigenvalue weighted by Gasteiger charge is -2.08. The van der Waals surface area contributed by atoms with Crippen LogP contribution in [-0.2, 0) is 4.79 Å². The van der Waals surface area contributed by atoms with Crippen molar-refractivity contribution in [3.05, 3.63) is 29.3 Å². The molecule has 1 amide bonds. The number of nitrogens with one attached hydrogen (secondary N) is 2. The van der Waals surface area contributed by atoms with Gasteiger partial charge in [-0.15, -0.1) is 0 Å². The van der Waals surface area contributed by atoms with E-state index in [1.165, 1.54) is 0 Å². The molecule has 94 valence electrons. The molecule has 0 saturated carbocycles. The van der Waals surface area contributed by atoms with E-state index in [4.69, 9.17) is 0 Å².